The number of aryl methyl sites for hydroxylation is 2. The number of thiophene rings is 1. The van der Waals surface area contributed by atoms with E-state index >= 15 is 0 Å². The van der Waals surface area contributed by atoms with Gasteiger partial charge in [-0.2, -0.15) is 0 Å². The fourth-order valence-corrected chi connectivity index (χ4v) is 2.55. The maximum Gasteiger partial charge on any atom is 0.0685 e. The maximum absolute atomic E-state index is 2.36. The molecule has 0 radical (unpaired) electrons. The lowest BCUT2D eigenvalue weighted by molar-refractivity contribution is 1.49. The summed E-state index contributed by atoms with van der Waals surface area (Å²) >= 11 is 4.22. The summed E-state index contributed by atoms with van der Waals surface area (Å²) in [6.07, 6.45) is 0. The molecular formula is C6H7IS. The zero-order chi connectivity index (χ0) is 6.15. The second-order valence-electron chi connectivity index (χ2n) is 1.81. The monoisotopic (exact) mass is 238 g/mol. The summed E-state index contributed by atoms with van der Waals surface area (Å²) in [5, 5.41) is 0. The smallest absolute Gasteiger partial charge is 0.0685 e. The Kier molecular flexibility index (Phi) is 1.92. The van der Waals surface area contributed by atoms with Gasteiger partial charge in [-0.1, -0.05) is 0 Å². The molecule has 0 spiro atoms. The highest BCUT2D eigenvalue weighted by molar-refractivity contribution is 14.1. The molecule has 0 nitrogen and oxygen atoms in total. The van der Waals surface area contributed by atoms with Crippen LogP contribution in [-0.2, 0) is 0 Å². The molecule has 1 aromatic rings. The highest BCUT2D eigenvalue weighted by atomic mass is 127. The minimum atomic E-state index is 1.41. The Bertz CT molecular complexity index is 171. The molecule has 1 aromatic heterocycles. The van der Waals surface area contributed by atoms with E-state index in [1.807, 2.05) is 11.3 Å². The first kappa shape index (κ1) is 6.55. The van der Waals surface area contributed by atoms with Crippen molar-refractivity contribution in [3.63, 3.8) is 0 Å². The lowest BCUT2D eigenvalue weighted by Crippen LogP contribution is -1.60. The van der Waals surface area contributed by atoms with Crippen molar-refractivity contribution in [2.45, 2.75) is 13.8 Å². The summed E-state index contributed by atoms with van der Waals surface area (Å²) in [5.74, 6) is 0. The second kappa shape index (κ2) is 2.35. The third kappa shape index (κ3) is 1.23. The first-order valence-electron chi connectivity index (χ1n) is 2.42. The summed E-state index contributed by atoms with van der Waals surface area (Å²) < 4.78 is 1.42. The molecule has 8 heavy (non-hydrogen) atoms. The average Bonchev–Trinajstić information content (AvgIpc) is 1.85. The topological polar surface area (TPSA) is 0 Å². The van der Waals surface area contributed by atoms with Gasteiger partial charge in [-0.3, -0.25) is 0 Å². The molecule has 44 valence electrons. The Hall–Kier alpha value is 0.430. The molecular weight excluding hydrogens is 231 g/mol. The van der Waals surface area contributed by atoms with E-state index in [1.165, 1.54) is 13.3 Å². The van der Waals surface area contributed by atoms with Crippen LogP contribution < -0.4 is 0 Å². The van der Waals surface area contributed by atoms with Crippen molar-refractivity contribution in [1.29, 1.82) is 0 Å². The predicted octanol–water partition coefficient (Wildman–Crippen LogP) is 2.97. The van der Waals surface area contributed by atoms with E-state index in [1.54, 1.807) is 0 Å². The first-order chi connectivity index (χ1) is 3.70. The maximum atomic E-state index is 2.36. The second-order valence-corrected chi connectivity index (χ2v) is 4.88. The Morgan fingerprint density at radius 2 is 2.12 bits per heavy atom. The van der Waals surface area contributed by atoms with Crippen molar-refractivity contribution in [2.75, 3.05) is 0 Å². The summed E-state index contributed by atoms with van der Waals surface area (Å²) in [5.41, 5.74) is 1.41. The molecule has 0 atom stereocenters. The average molecular weight is 238 g/mol. The van der Waals surface area contributed by atoms with Gasteiger partial charge in [0.25, 0.3) is 0 Å². The largest absolute Gasteiger partial charge is 0.134 e. The molecule has 0 saturated heterocycles. The number of rotatable bonds is 0. The molecule has 0 aliphatic heterocycles. The SMILES string of the molecule is Cc1cc(C)c(I)s1. The van der Waals surface area contributed by atoms with Gasteiger partial charge in [-0.15, -0.1) is 11.3 Å². The molecule has 0 N–H and O–H groups in total. The highest BCUT2D eigenvalue weighted by Crippen LogP contribution is 2.21. The van der Waals surface area contributed by atoms with Crippen LogP contribution in [0.3, 0.4) is 0 Å². The van der Waals surface area contributed by atoms with Crippen molar-refractivity contribution in [3.8, 4) is 0 Å². The molecule has 0 aliphatic carbocycles. The molecule has 0 saturated carbocycles. The number of halogens is 1. The highest BCUT2D eigenvalue weighted by Gasteiger charge is 1.95. The van der Waals surface area contributed by atoms with E-state index in [0.717, 1.165) is 0 Å². The summed E-state index contributed by atoms with van der Waals surface area (Å²) in [7, 11) is 0. The number of hydrogen-bond acceptors (Lipinski definition) is 1. The van der Waals surface area contributed by atoms with Gasteiger partial charge >= 0.3 is 0 Å². The van der Waals surface area contributed by atoms with E-state index in [0.29, 0.717) is 0 Å². The lowest BCUT2D eigenvalue weighted by Gasteiger charge is -1.77. The van der Waals surface area contributed by atoms with Crippen LogP contribution in [0.5, 0.6) is 0 Å². The van der Waals surface area contributed by atoms with Crippen LogP contribution in [0.2, 0.25) is 0 Å². The normalized spacial score (nSPS) is 9.88. The Morgan fingerprint density at radius 3 is 2.25 bits per heavy atom. The Labute approximate surface area is 67.1 Å². The van der Waals surface area contributed by atoms with Crippen LogP contribution in [0.15, 0.2) is 6.07 Å². The van der Waals surface area contributed by atoms with Crippen molar-refractivity contribution < 1.29 is 0 Å². The quantitative estimate of drug-likeness (QED) is 0.609. The number of hydrogen-bond donors (Lipinski definition) is 0. The molecule has 0 aliphatic rings. The first-order valence-corrected chi connectivity index (χ1v) is 4.32. The molecule has 0 fully saturated rings. The van der Waals surface area contributed by atoms with Crippen LogP contribution in [0.25, 0.3) is 0 Å². The van der Waals surface area contributed by atoms with Gasteiger partial charge in [0.2, 0.25) is 0 Å². The molecule has 0 aromatic carbocycles. The van der Waals surface area contributed by atoms with Gasteiger partial charge in [0.1, 0.15) is 0 Å². The van der Waals surface area contributed by atoms with E-state index in [-0.39, 0.29) is 0 Å². The fourth-order valence-electron chi connectivity index (χ4n) is 0.613. The van der Waals surface area contributed by atoms with Gasteiger partial charge in [0.05, 0.1) is 2.88 Å². The molecule has 0 bridgehead atoms. The van der Waals surface area contributed by atoms with Crippen molar-refractivity contribution >= 4 is 33.9 Å². The van der Waals surface area contributed by atoms with E-state index in [4.69, 9.17) is 0 Å². The van der Waals surface area contributed by atoms with Crippen LogP contribution in [0.4, 0.5) is 0 Å². The Morgan fingerprint density at radius 1 is 1.50 bits per heavy atom. The fraction of sp³-hybridized carbons (Fsp3) is 0.333. The predicted molar refractivity (Wildman–Crippen MR) is 46.5 cm³/mol. The van der Waals surface area contributed by atoms with Crippen molar-refractivity contribution in [3.05, 3.63) is 19.4 Å². The van der Waals surface area contributed by atoms with Gasteiger partial charge in [0, 0.05) is 4.88 Å². The zero-order valence-corrected chi connectivity index (χ0v) is 7.84. The summed E-state index contributed by atoms with van der Waals surface area (Å²) in [6, 6.07) is 2.21. The van der Waals surface area contributed by atoms with Crippen LogP contribution in [-0.4, -0.2) is 0 Å². The van der Waals surface area contributed by atoms with E-state index in [2.05, 4.69) is 42.5 Å². The summed E-state index contributed by atoms with van der Waals surface area (Å²) in [4.78, 5) is 1.41. The van der Waals surface area contributed by atoms with E-state index < -0.39 is 0 Å². The molecule has 0 amide bonds. The van der Waals surface area contributed by atoms with Gasteiger partial charge in [0.15, 0.2) is 0 Å². The van der Waals surface area contributed by atoms with Crippen molar-refractivity contribution in [2.24, 2.45) is 0 Å². The molecule has 2 heteroatoms. The summed E-state index contributed by atoms with van der Waals surface area (Å²) in [6.45, 7) is 4.28. The molecule has 0 unspecified atom stereocenters. The van der Waals surface area contributed by atoms with Gasteiger partial charge < -0.3 is 0 Å². The van der Waals surface area contributed by atoms with Crippen molar-refractivity contribution in [1.82, 2.24) is 0 Å². The van der Waals surface area contributed by atoms with Gasteiger partial charge in [-0.25, -0.2) is 0 Å². The molecule has 1 heterocycles. The Balaban J connectivity index is 3.14. The standard InChI is InChI=1S/C6H7IS/c1-4-3-5(2)8-6(4)7/h3H,1-2H3. The zero-order valence-electron chi connectivity index (χ0n) is 4.86. The lowest BCUT2D eigenvalue weighted by atomic mass is 10.4. The van der Waals surface area contributed by atoms with E-state index in [9.17, 15) is 0 Å². The van der Waals surface area contributed by atoms with Gasteiger partial charge in [-0.05, 0) is 48.1 Å². The van der Waals surface area contributed by atoms with Crippen LogP contribution in [0.1, 0.15) is 10.4 Å². The molecule has 1 rings (SSSR count). The third-order valence-electron chi connectivity index (χ3n) is 0.980. The minimum absolute atomic E-state index is 1.41. The van der Waals surface area contributed by atoms with Crippen LogP contribution >= 0.6 is 33.9 Å². The van der Waals surface area contributed by atoms with Crippen LogP contribution in [0, 0.1) is 16.7 Å². The third-order valence-corrected chi connectivity index (χ3v) is 3.43. The minimum Gasteiger partial charge on any atom is -0.134 e.